The smallest absolute Gasteiger partial charge is 0.187 e. The van der Waals surface area contributed by atoms with E-state index in [9.17, 15) is 50.8 Å². The number of ketones is 1. The zero-order valence-electron chi connectivity index (χ0n) is 34.9. The van der Waals surface area contributed by atoms with Crippen LogP contribution >= 0.6 is 0 Å². The number of allylic oxidation sites excluding steroid dienone is 12. The molecule has 0 bridgehead atoms. The van der Waals surface area contributed by atoms with Gasteiger partial charge >= 0.3 is 0 Å². The van der Waals surface area contributed by atoms with Gasteiger partial charge in [-0.25, -0.2) is 0 Å². The highest BCUT2D eigenvalue weighted by Gasteiger charge is 2.53. The van der Waals surface area contributed by atoms with Crippen molar-refractivity contribution in [1.82, 2.24) is 0 Å². The molecule has 3 saturated heterocycles. The third-order valence-corrected chi connectivity index (χ3v) is 10.4. The van der Waals surface area contributed by atoms with Gasteiger partial charge in [0.05, 0.1) is 25.9 Å². The number of rotatable bonds is 26. The second-order valence-corrected chi connectivity index (χ2v) is 15.0. The molecule has 0 aliphatic carbocycles. The summed E-state index contributed by atoms with van der Waals surface area (Å²) in [4.78, 5) is 12.5. The minimum absolute atomic E-state index is 0.0446. The molecule has 0 amide bonds. The van der Waals surface area contributed by atoms with Crippen LogP contribution in [0, 0.1) is 0 Å². The molecule has 0 aromatic rings. The SMILES string of the molecule is CC/C=C\C/C=C\C/C=C\C/C=C\C/C=C\C/C=C\CCC(=O)CCCO[C@@H]1O[C@H](CC)[C@@H](O)[C@H](O[C@@H]2O[C@H](CO)[C@@H](O)[C@H](O[C@@H]3O[C@H](CO)[C@@H](O)[C@H](O)[C@H]3O)[C@H]2O)[C@H]1O. The number of hydrogen-bond donors (Lipinski definition) is 9. The van der Waals surface area contributed by atoms with Crippen LogP contribution in [0.25, 0.3) is 0 Å². The maximum Gasteiger partial charge on any atom is 0.187 e. The van der Waals surface area contributed by atoms with Gasteiger partial charge in [-0.1, -0.05) is 86.8 Å². The first-order valence-corrected chi connectivity index (χ1v) is 21.3. The number of aliphatic hydroxyl groups is 9. The van der Waals surface area contributed by atoms with Crippen molar-refractivity contribution in [2.24, 2.45) is 0 Å². The van der Waals surface area contributed by atoms with Crippen molar-refractivity contribution in [3.05, 3.63) is 72.9 Å². The predicted molar refractivity (Wildman–Crippen MR) is 220 cm³/mol. The number of carbonyl (C=O) groups excluding carboxylic acids is 1. The first-order chi connectivity index (χ1) is 29.0. The third kappa shape index (κ3) is 16.7. The molecule has 16 nitrogen and oxygen atoms in total. The van der Waals surface area contributed by atoms with Gasteiger partial charge in [0.2, 0.25) is 0 Å². The molecular weight excluding hydrogens is 784 g/mol. The molecule has 0 saturated carbocycles. The summed E-state index contributed by atoms with van der Waals surface area (Å²) < 4.78 is 34.0. The maximum absolute atomic E-state index is 12.5. The van der Waals surface area contributed by atoms with Crippen LogP contribution in [-0.2, 0) is 33.2 Å². The van der Waals surface area contributed by atoms with Gasteiger partial charge in [-0.15, -0.1) is 0 Å². The monoisotopic (exact) mass is 854 g/mol. The van der Waals surface area contributed by atoms with Crippen LogP contribution in [-0.4, -0.2) is 164 Å². The lowest BCUT2D eigenvalue weighted by Gasteiger charge is -2.48. The standard InChI is InChI=1S/C44H70O16/c1-3-5-6-7-8-9-10-11-12-13-14-15-16-17-18-19-20-21-22-24-29(47)25-23-26-55-42-38(53)40(34(49)30(4-2)56-42)60-44-39(54)41(35(50)32(28-46)58-44)59-43-37(52)36(51)33(48)31(27-45)57-43/h5-6,8-9,11-12,14-15,17-18,20-21,30-46,48-54H,3-4,7,10,13,16,19,22-28H2,1-2H3/b6-5-,9-8-,12-11-,15-14-,18-17-,21-20-/t30-,31-,32-,33-,34-,35-,36+,37-,38-,39-,40+,41+,42-,43+,44+/m1/s1. The average Bonchev–Trinajstić information content (AvgIpc) is 3.24. The zero-order valence-corrected chi connectivity index (χ0v) is 34.9. The van der Waals surface area contributed by atoms with E-state index in [4.69, 9.17) is 28.4 Å². The summed E-state index contributed by atoms with van der Waals surface area (Å²) >= 11 is 0. The number of Topliss-reactive ketones (excluding diaryl/α,β-unsaturated/α-hetero) is 1. The molecule has 3 heterocycles. The van der Waals surface area contributed by atoms with Gasteiger partial charge in [0.1, 0.15) is 72.9 Å². The minimum atomic E-state index is -1.88. The van der Waals surface area contributed by atoms with Crippen molar-refractivity contribution in [3.63, 3.8) is 0 Å². The molecule has 0 spiro atoms. The van der Waals surface area contributed by atoms with E-state index in [-0.39, 0.29) is 25.2 Å². The van der Waals surface area contributed by atoms with Crippen molar-refractivity contribution in [2.75, 3.05) is 19.8 Å². The van der Waals surface area contributed by atoms with Crippen LogP contribution in [0.5, 0.6) is 0 Å². The molecule has 60 heavy (non-hydrogen) atoms. The molecule has 15 atom stereocenters. The Kier molecular flexibility index (Phi) is 25.1. The fourth-order valence-electron chi connectivity index (χ4n) is 6.83. The number of carbonyl (C=O) groups is 1. The summed E-state index contributed by atoms with van der Waals surface area (Å²) in [5.74, 6) is 0.0517. The minimum Gasteiger partial charge on any atom is -0.394 e. The molecular formula is C44H70O16. The van der Waals surface area contributed by atoms with Crippen molar-refractivity contribution >= 4 is 5.78 Å². The van der Waals surface area contributed by atoms with Crippen molar-refractivity contribution < 1.29 is 79.2 Å². The normalized spacial score (nSPS) is 35.7. The summed E-state index contributed by atoms with van der Waals surface area (Å²) in [7, 11) is 0. The molecule has 3 aliphatic heterocycles. The van der Waals surface area contributed by atoms with E-state index in [0.717, 1.165) is 38.5 Å². The van der Waals surface area contributed by atoms with Crippen LogP contribution in [0.15, 0.2) is 72.9 Å². The molecule has 0 aromatic heterocycles. The van der Waals surface area contributed by atoms with Crippen LogP contribution in [0.4, 0.5) is 0 Å². The zero-order chi connectivity index (χ0) is 43.9. The second kappa shape index (κ2) is 29.0. The highest BCUT2D eigenvalue weighted by atomic mass is 16.8. The quantitative estimate of drug-likeness (QED) is 0.0444. The Bertz CT molecular complexity index is 1370. The van der Waals surface area contributed by atoms with Crippen LogP contribution in [0.3, 0.4) is 0 Å². The van der Waals surface area contributed by atoms with Gasteiger partial charge in [-0.3, -0.25) is 4.79 Å². The van der Waals surface area contributed by atoms with Crippen molar-refractivity contribution in [2.45, 2.75) is 177 Å². The van der Waals surface area contributed by atoms with Gasteiger partial charge in [-0.2, -0.15) is 0 Å². The fraction of sp³-hybridized carbons (Fsp3) is 0.705. The summed E-state index contributed by atoms with van der Waals surface area (Å²) in [6.07, 6.45) is 9.33. The van der Waals surface area contributed by atoms with E-state index < -0.39 is 105 Å². The van der Waals surface area contributed by atoms with E-state index in [2.05, 4.69) is 67.7 Å². The molecule has 16 heteroatoms. The van der Waals surface area contributed by atoms with Gasteiger partial charge in [0, 0.05) is 12.8 Å². The van der Waals surface area contributed by atoms with Crippen LogP contribution in [0.1, 0.15) is 84.5 Å². The Morgan fingerprint density at radius 3 is 1.43 bits per heavy atom. The molecule has 3 aliphatic rings. The molecule has 3 fully saturated rings. The number of ether oxygens (including phenoxy) is 6. The first-order valence-electron chi connectivity index (χ1n) is 21.3. The van der Waals surface area contributed by atoms with E-state index in [0.29, 0.717) is 19.3 Å². The van der Waals surface area contributed by atoms with Gasteiger partial charge in [0.25, 0.3) is 0 Å². The molecule has 0 unspecified atom stereocenters. The molecule has 9 N–H and O–H groups in total. The van der Waals surface area contributed by atoms with Gasteiger partial charge < -0.3 is 74.4 Å². The Morgan fingerprint density at radius 1 is 0.500 bits per heavy atom. The lowest BCUT2D eigenvalue weighted by atomic mass is 9.95. The Labute approximate surface area is 353 Å². The summed E-state index contributed by atoms with van der Waals surface area (Å²) in [6, 6.07) is 0. The highest BCUT2D eigenvalue weighted by Crippen LogP contribution is 2.33. The van der Waals surface area contributed by atoms with Gasteiger partial charge in [-0.05, 0) is 57.8 Å². The van der Waals surface area contributed by atoms with E-state index in [1.807, 2.05) is 12.2 Å². The summed E-state index contributed by atoms with van der Waals surface area (Å²) in [6.45, 7) is 2.36. The number of aliphatic hydroxyl groups excluding tert-OH is 9. The number of hydrogen-bond acceptors (Lipinski definition) is 16. The van der Waals surface area contributed by atoms with E-state index in [1.165, 1.54) is 0 Å². The van der Waals surface area contributed by atoms with Crippen LogP contribution < -0.4 is 0 Å². The first kappa shape index (κ1) is 51.9. The van der Waals surface area contributed by atoms with E-state index >= 15 is 0 Å². The Balaban J connectivity index is 1.40. The molecule has 342 valence electrons. The Hall–Kier alpha value is -2.49. The molecule has 0 aromatic carbocycles. The average molecular weight is 855 g/mol. The topological polar surface area (TPSA) is 255 Å². The molecule has 0 radical (unpaired) electrons. The van der Waals surface area contributed by atoms with Crippen molar-refractivity contribution in [1.29, 1.82) is 0 Å². The summed E-state index contributed by atoms with van der Waals surface area (Å²) in [5.41, 5.74) is 0. The third-order valence-electron chi connectivity index (χ3n) is 10.4. The summed E-state index contributed by atoms with van der Waals surface area (Å²) in [5, 5.41) is 94.4. The fourth-order valence-corrected chi connectivity index (χ4v) is 6.83. The molecule has 3 rings (SSSR count). The van der Waals surface area contributed by atoms with Crippen LogP contribution in [0.2, 0.25) is 0 Å². The largest absolute Gasteiger partial charge is 0.394 e. The van der Waals surface area contributed by atoms with E-state index in [1.54, 1.807) is 6.92 Å². The Morgan fingerprint density at radius 2 is 0.933 bits per heavy atom. The van der Waals surface area contributed by atoms with Gasteiger partial charge in [0.15, 0.2) is 18.9 Å². The highest BCUT2D eigenvalue weighted by molar-refractivity contribution is 5.78. The van der Waals surface area contributed by atoms with Crippen molar-refractivity contribution in [3.8, 4) is 0 Å². The second-order valence-electron chi connectivity index (χ2n) is 15.0. The lowest BCUT2D eigenvalue weighted by Crippen LogP contribution is -2.66. The lowest BCUT2D eigenvalue weighted by molar-refractivity contribution is -0.380. The maximum atomic E-state index is 12.5. The predicted octanol–water partition coefficient (Wildman–Crippen LogP) is 1.70.